The molecule has 1 unspecified atom stereocenters. The van der Waals surface area contributed by atoms with Crippen molar-refractivity contribution in [2.75, 3.05) is 18.5 Å². The maximum atomic E-state index is 11.1. The Morgan fingerprint density at radius 3 is 2.74 bits per heavy atom. The summed E-state index contributed by atoms with van der Waals surface area (Å²) in [5, 5.41) is 18.5. The van der Waals surface area contributed by atoms with E-state index < -0.39 is 0 Å². The lowest BCUT2D eigenvalue weighted by Gasteiger charge is -2.15. The van der Waals surface area contributed by atoms with Crippen LogP contribution in [0.5, 0.6) is 0 Å². The van der Waals surface area contributed by atoms with Crippen molar-refractivity contribution in [2.45, 2.75) is 46.7 Å². The van der Waals surface area contributed by atoms with Gasteiger partial charge in [0.25, 0.3) is 0 Å². The maximum Gasteiger partial charge on any atom is 0.333 e. The van der Waals surface area contributed by atoms with Crippen LogP contribution in [0, 0.1) is 17.0 Å². The van der Waals surface area contributed by atoms with Gasteiger partial charge in [-0.1, -0.05) is 6.92 Å². The van der Waals surface area contributed by atoms with Crippen molar-refractivity contribution in [3.05, 3.63) is 15.8 Å². The second kappa shape index (κ2) is 7.08. The van der Waals surface area contributed by atoms with E-state index in [4.69, 9.17) is 4.74 Å². The van der Waals surface area contributed by atoms with Crippen molar-refractivity contribution >= 4 is 11.5 Å². The van der Waals surface area contributed by atoms with Gasteiger partial charge in [-0.3, -0.25) is 10.1 Å². The number of hydrogen-bond donors (Lipinski definition) is 1. The van der Waals surface area contributed by atoms with E-state index in [1.54, 1.807) is 11.6 Å². The Morgan fingerprint density at radius 1 is 1.53 bits per heavy atom. The van der Waals surface area contributed by atoms with Gasteiger partial charge in [-0.15, -0.1) is 0 Å². The standard InChI is InChI=1S/C12H22N4O3/c1-5-7-15-12(13-9(3)8-19-6-2)11(16(17)18)10(4)14-15/h9,13H,5-8H2,1-4H3. The Kier molecular flexibility index (Phi) is 5.75. The number of hydrogen-bond acceptors (Lipinski definition) is 5. The molecular formula is C12H22N4O3. The summed E-state index contributed by atoms with van der Waals surface area (Å²) in [6.07, 6.45) is 0.868. The smallest absolute Gasteiger partial charge is 0.333 e. The SMILES string of the molecule is CCCn1nc(C)c([N+](=O)[O-])c1NC(C)COCC. The van der Waals surface area contributed by atoms with E-state index in [2.05, 4.69) is 10.4 Å². The van der Waals surface area contributed by atoms with Gasteiger partial charge in [-0.2, -0.15) is 5.10 Å². The molecule has 0 spiro atoms. The molecule has 1 aromatic heterocycles. The number of nitrogens with zero attached hydrogens (tertiary/aromatic N) is 3. The fourth-order valence-electron chi connectivity index (χ4n) is 1.88. The van der Waals surface area contributed by atoms with Crippen LogP contribution in [0.4, 0.5) is 11.5 Å². The zero-order valence-corrected chi connectivity index (χ0v) is 12.0. The molecule has 0 aliphatic heterocycles. The Morgan fingerprint density at radius 2 is 2.21 bits per heavy atom. The van der Waals surface area contributed by atoms with Crippen molar-refractivity contribution in [3.63, 3.8) is 0 Å². The highest BCUT2D eigenvalue weighted by molar-refractivity contribution is 5.60. The first-order valence-electron chi connectivity index (χ1n) is 6.57. The third kappa shape index (κ3) is 3.92. The first-order chi connectivity index (χ1) is 9.01. The molecule has 0 amide bonds. The Labute approximate surface area is 113 Å². The summed E-state index contributed by atoms with van der Waals surface area (Å²) >= 11 is 0. The van der Waals surface area contributed by atoms with Crippen molar-refractivity contribution in [3.8, 4) is 0 Å². The molecule has 0 aliphatic carbocycles. The molecule has 1 rings (SSSR count). The monoisotopic (exact) mass is 270 g/mol. The molecule has 1 heterocycles. The van der Waals surface area contributed by atoms with E-state index in [9.17, 15) is 10.1 Å². The first-order valence-corrected chi connectivity index (χ1v) is 6.57. The molecule has 1 atom stereocenters. The first kappa shape index (κ1) is 15.4. The number of nitro groups is 1. The summed E-state index contributed by atoms with van der Waals surface area (Å²) in [5.74, 6) is 0.469. The van der Waals surface area contributed by atoms with Crippen molar-refractivity contribution < 1.29 is 9.66 Å². The maximum absolute atomic E-state index is 11.1. The van der Waals surface area contributed by atoms with Gasteiger partial charge in [-0.25, -0.2) is 4.68 Å². The number of nitrogens with one attached hydrogen (secondary N) is 1. The average molecular weight is 270 g/mol. The summed E-state index contributed by atoms with van der Waals surface area (Å²) in [5.41, 5.74) is 0.487. The van der Waals surface area contributed by atoms with Crippen LogP contribution < -0.4 is 5.32 Å². The molecule has 0 aromatic carbocycles. The van der Waals surface area contributed by atoms with Crippen LogP contribution in [-0.2, 0) is 11.3 Å². The lowest BCUT2D eigenvalue weighted by atomic mass is 10.3. The molecule has 7 nitrogen and oxygen atoms in total. The van der Waals surface area contributed by atoms with E-state index >= 15 is 0 Å². The molecule has 0 fully saturated rings. The number of aromatic nitrogens is 2. The Balaban J connectivity index is 2.97. The summed E-state index contributed by atoms with van der Waals surface area (Å²) < 4.78 is 6.98. The van der Waals surface area contributed by atoms with Crippen LogP contribution in [0.15, 0.2) is 0 Å². The summed E-state index contributed by atoms with van der Waals surface area (Å²) in [6.45, 7) is 9.29. The number of ether oxygens (including phenoxy) is 1. The molecule has 7 heteroatoms. The molecular weight excluding hydrogens is 248 g/mol. The number of anilines is 1. The minimum absolute atomic E-state index is 0.00893. The molecule has 19 heavy (non-hydrogen) atoms. The van der Waals surface area contributed by atoms with Gasteiger partial charge >= 0.3 is 5.69 Å². The molecule has 1 aromatic rings. The predicted molar refractivity (Wildman–Crippen MR) is 73.5 cm³/mol. The van der Waals surface area contributed by atoms with Crippen molar-refractivity contribution in [2.24, 2.45) is 0 Å². The average Bonchev–Trinajstić information content (AvgIpc) is 2.63. The van der Waals surface area contributed by atoms with Crippen LogP contribution in [0.1, 0.15) is 32.9 Å². The summed E-state index contributed by atoms with van der Waals surface area (Å²) in [6, 6.07) is -0.00893. The van der Waals surface area contributed by atoms with Crippen LogP contribution in [-0.4, -0.2) is 34.0 Å². The minimum atomic E-state index is -0.385. The van der Waals surface area contributed by atoms with E-state index in [0.717, 1.165) is 6.42 Å². The lowest BCUT2D eigenvalue weighted by molar-refractivity contribution is -0.384. The predicted octanol–water partition coefficient (Wildman–Crippen LogP) is 2.35. The third-order valence-corrected chi connectivity index (χ3v) is 2.67. The third-order valence-electron chi connectivity index (χ3n) is 2.67. The second-order valence-corrected chi connectivity index (χ2v) is 4.47. The van der Waals surface area contributed by atoms with Crippen LogP contribution in [0.25, 0.3) is 0 Å². The van der Waals surface area contributed by atoms with Crippen LogP contribution in [0.2, 0.25) is 0 Å². The molecule has 0 aliphatic rings. The topological polar surface area (TPSA) is 82.2 Å². The van der Waals surface area contributed by atoms with E-state index in [1.165, 1.54) is 0 Å². The molecule has 108 valence electrons. The zero-order chi connectivity index (χ0) is 14.4. The second-order valence-electron chi connectivity index (χ2n) is 4.47. The van der Waals surface area contributed by atoms with Gasteiger partial charge in [-0.05, 0) is 27.2 Å². The van der Waals surface area contributed by atoms with E-state index in [-0.39, 0.29) is 16.7 Å². The Hall–Kier alpha value is -1.63. The highest BCUT2D eigenvalue weighted by Gasteiger charge is 2.25. The van der Waals surface area contributed by atoms with Gasteiger partial charge in [0.15, 0.2) is 0 Å². The minimum Gasteiger partial charge on any atom is -0.380 e. The molecule has 0 saturated carbocycles. The van der Waals surface area contributed by atoms with Gasteiger partial charge in [0.05, 0.1) is 11.5 Å². The molecule has 0 radical (unpaired) electrons. The van der Waals surface area contributed by atoms with Gasteiger partial charge < -0.3 is 10.1 Å². The van der Waals surface area contributed by atoms with Crippen molar-refractivity contribution in [1.82, 2.24) is 9.78 Å². The van der Waals surface area contributed by atoms with Crippen LogP contribution >= 0.6 is 0 Å². The fraction of sp³-hybridized carbons (Fsp3) is 0.750. The normalized spacial score (nSPS) is 12.4. The highest BCUT2D eigenvalue weighted by Crippen LogP contribution is 2.28. The number of aryl methyl sites for hydroxylation is 2. The summed E-state index contributed by atoms with van der Waals surface area (Å²) in [7, 11) is 0. The fourth-order valence-corrected chi connectivity index (χ4v) is 1.88. The summed E-state index contributed by atoms with van der Waals surface area (Å²) in [4.78, 5) is 10.8. The lowest BCUT2D eigenvalue weighted by Crippen LogP contribution is -2.24. The van der Waals surface area contributed by atoms with Crippen LogP contribution in [0.3, 0.4) is 0 Å². The molecule has 1 N–H and O–H groups in total. The van der Waals surface area contributed by atoms with Gasteiger partial charge in [0.1, 0.15) is 5.69 Å². The van der Waals surface area contributed by atoms with E-state index in [1.807, 2.05) is 20.8 Å². The van der Waals surface area contributed by atoms with Gasteiger partial charge in [0.2, 0.25) is 5.82 Å². The highest BCUT2D eigenvalue weighted by atomic mass is 16.6. The molecule has 0 saturated heterocycles. The Bertz CT molecular complexity index is 431. The van der Waals surface area contributed by atoms with Gasteiger partial charge in [0, 0.05) is 19.2 Å². The largest absolute Gasteiger partial charge is 0.380 e. The number of rotatable bonds is 8. The van der Waals surface area contributed by atoms with Crippen molar-refractivity contribution in [1.29, 1.82) is 0 Å². The quantitative estimate of drug-likeness (QED) is 0.579. The van der Waals surface area contributed by atoms with E-state index in [0.29, 0.717) is 31.3 Å². The zero-order valence-electron chi connectivity index (χ0n) is 12.0. The molecule has 0 bridgehead atoms.